The van der Waals surface area contributed by atoms with E-state index in [0.29, 0.717) is 42.7 Å². The smallest absolute Gasteiger partial charge is 0.334 e. The van der Waals surface area contributed by atoms with Crippen molar-refractivity contribution in [2.24, 2.45) is 11.8 Å². The maximum Gasteiger partial charge on any atom is 0.334 e. The zero-order valence-corrected chi connectivity index (χ0v) is 25.0. The third-order valence-corrected chi connectivity index (χ3v) is 8.29. The highest BCUT2D eigenvalue weighted by atomic mass is 16.5. The van der Waals surface area contributed by atoms with Gasteiger partial charge in [-0.15, -0.1) is 0 Å². The summed E-state index contributed by atoms with van der Waals surface area (Å²) < 4.78 is 11.1. The summed E-state index contributed by atoms with van der Waals surface area (Å²) in [5, 5.41) is 0. The minimum atomic E-state index is -0.443. The number of esters is 1. The zero-order chi connectivity index (χ0) is 28.7. The summed E-state index contributed by atoms with van der Waals surface area (Å²) in [6, 6.07) is 7.44. The van der Waals surface area contributed by atoms with E-state index in [2.05, 4.69) is 6.92 Å². The number of likely N-dealkylation sites (tertiary alicyclic amines) is 1. The minimum Gasteiger partial charge on any atom is -0.492 e. The minimum absolute atomic E-state index is 0.00353. The van der Waals surface area contributed by atoms with Gasteiger partial charge in [-0.05, 0) is 61.8 Å². The van der Waals surface area contributed by atoms with Crippen molar-refractivity contribution < 1.29 is 23.9 Å². The fourth-order valence-electron chi connectivity index (χ4n) is 5.82. The van der Waals surface area contributed by atoms with Gasteiger partial charge in [-0.25, -0.2) is 4.79 Å². The number of fused-ring (bicyclic) bond motifs is 1. The summed E-state index contributed by atoms with van der Waals surface area (Å²) in [4.78, 5) is 41.8. The number of hydrogen-bond donors (Lipinski definition) is 0. The Morgan fingerprint density at radius 1 is 0.950 bits per heavy atom. The molecule has 40 heavy (non-hydrogen) atoms. The number of ether oxygens (including phenoxy) is 2. The van der Waals surface area contributed by atoms with Crippen molar-refractivity contribution >= 4 is 23.9 Å². The molecule has 1 aromatic carbocycles. The molecule has 1 saturated heterocycles. The molecule has 7 nitrogen and oxygen atoms in total. The molecule has 0 N–H and O–H groups in total. The second kappa shape index (κ2) is 17.1. The number of carbonyl (C=O) groups excluding carboxylic acids is 3. The van der Waals surface area contributed by atoms with Gasteiger partial charge in [-0.3, -0.25) is 9.59 Å². The Morgan fingerprint density at radius 3 is 2.25 bits per heavy atom. The van der Waals surface area contributed by atoms with Crippen molar-refractivity contribution in [3.05, 3.63) is 35.4 Å². The SMILES string of the molecule is CCCCCCCCC(=O)N(C)CCOc1ccc(/C=C(\CC(=O)N2C[C@H]3CCCC[C@H]3C2)C(=O)OCC)cc1. The van der Waals surface area contributed by atoms with Crippen LogP contribution in [-0.4, -0.2) is 67.5 Å². The van der Waals surface area contributed by atoms with Crippen LogP contribution in [0.4, 0.5) is 0 Å². The molecule has 3 rings (SSSR count). The maximum atomic E-state index is 13.1. The summed E-state index contributed by atoms with van der Waals surface area (Å²) in [6.07, 6.45) is 14.3. The first-order valence-corrected chi connectivity index (χ1v) is 15.5. The van der Waals surface area contributed by atoms with Gasteiger partial charge in [-0.2, -0.15) is 0 Å². The topological polar surface area (TPSA) is 76.2 Å². The Kier molecular flexibility index (Phi) is 13.5. The molecule has 2 atom stereocenters. The number of hydrogen-bond acceptors (Lipinski definition) is 5. The van der Waals surface area contributed by atoms with Crippen LogP contribution in [0.1, 0.15) is 96.5 Å². The molecule has 0 aromatic heterocycles. The molecule has 1 heterocycles. The molecular weight excluding hydrogens is 504 g/mol. The van der Waals surface area contributed by atoms with E-state index in [1.165, 1.54) is 51.4 Å². The molecule has 0 spiro atoms. The van der Waals surface area contributed by atoms with Crippen LogP contribution in [0.5, 0.6) is 5.75 Å². The Hall–Kier alpha value is -2.83. The summed E-state index contributed by atoms with van der Waals surface area (Å²) in [7, 11) is 1.82. The van der Waals surface area contributed by atoms with Crippen molar-refractivity contribution in [3.8, 4) is 5.75 Å². The fraction of sp³-hybridized carbons (Fsp3) is 0.667. The first-order valence-electron chi connectivity index (χ1n) is 15.5. The van der Waals surface area contributed by atoms with Crippen LogP contribution in [0, 0.1) is 11.8 Å². The van der Waals surface area contributed by atoms with Gasteiger partial charge in [-0.1, -0.05) is 64.0 Å². The van der Waals surface area contributed by atoms with E-state index in [1.807, 2.05) is 36.2 Å². The Morgan fingerprint density at radius 2 is 1.60 bits per heavy atom. The number of carbonyl (C=O) groups is 3. The van der Waals surface area contributed by atoms with Gasteiger partial charge in [0.2, 0.25) is 11.8 Å². The van der Waals surface area contributed by atoms with Gasteiger partial charge in [0.15, 0.2) is 0 Å². The van der Waals surface area contributed by atoms with Crippen LogP contribution in [0.15, 0.2) is 29.8 Å². The lowest BCUT2D eigenvalue weighted by Gasteiger charge is -2.22. The molecule has 2 aliphatic rings. The lowest BCUT2D eigenvalue weighted by Crippen LogP contribution is -2.30. The molecule has 1 aliphatic heterocycles. The summed E-state index contributed by atoms with van der Waals surface area (Å²) in [5.41, 5.74) is 1.19. The highest BCUT2D eigenvalue weighted by Crippen LogP contribution is 2.36. The predicted octanol–water partition coefficient (Wildman–Crippen LogP) is 6.26. The molecule has 0 radical (unpaired) electrons. The average Bonchev–Trinajstić information content (AvgIpc) is 3.40. The molecule has 1 aliphatic carbocycles. The van der Waals surface area contributed by atoms with Crippen LogP contribution < -0.4 is 4.74 Å². The average molecular weight is 555 g/mol. The normalized spacial score (nSPS) is 18.8. The number of benzene rings is 1. The molecule has 0 unspecified atom stereocenters. The fourth-order valence-corrected chi connectivity index (χ4v) is 5.82. The van der Waals surface area contributed by atoms with E-state index >= 15 is 0 Å². The van der Waals surface area contributed by atoms with E-state index in [4.69, 9.17) is 9.47 Å². The van der Waals surface area contributed by atoms with Crippen LogP contribution in [0.25, 0.3) is 6.08 Å². The molecule has 2 amide bonds. The molecule has 2 fully saturated rings. The van der Waals surface area contributed by atoms with E-state index in [0.717, 1.165) is 31.5 Å². The van der Waals surface area contributed by atoms with Gasteiger partial charge < -0.3 is 19.3 Å². The molecule has 1 saturated carbocycles. The van der Waals surface area contributed by atoms with Crippen molar-refractivity contribution in [2.75, 3.05) is 39.9 Å². The van der Waals surface area contributed by atoms with E-state index in [1.54, 1.807) is 17.9 Å². The lowest BCUT2D eigenvalue weighted by molar-refractivity contribution is -0.140. The Bertz CT molecular complexity index is 960. The van der Waals surface area contributed by atoms with Gasteiger partial charge >= 0.3 is 5.97 Å². The Labute approximate surface area is 241 Å². The number of amides is 2. The lowest BCUT2D eigenvalue weighted by atomic mass is 9.82. The second-order valence-electron chi connectivity index (χ2n) is 11.4. The van der Waals surface area contributed by atoms with Crippen molar-refractivity contribution in [1.29, 1.82) is 0 Å². The van der Waals surface area contributed by atoms with Crippen LogP contribution in [0.3, 0.4) is 0 Å². The number of nitrogens with zero attached hydrogens (tertiary/aromatic N) is 2. The van der Waals surface area contributed by atoms with E-state index in [9.17, 15) is 14.4 Å². The van der Waals surface area contributed by atoms with Gasteiger partial charge in [0, 0.05) is 32.1 Å². The highest BCUT2D eigenvalue weighted by Gasteiger charge is 2.36. The molecule has 1 aromatic rings. The van der Waals surface area contributed by atoms with Gasteiger partial charge in [0.05, 0.1) is 19.6 Å². The number of rotatable bonds is 16. The van der Waals surface area contributed by atoms with Crippen molar-refractivity contribution in [1.82, 2.24) is 9.80 Å². The first-order chi connectivity index (χ1) is 19.4. The maximum absolute atomic E-state index is 13.1. The molecule has 7 heteroatoms. The largest absolute Gasteiger partial charge is 0.492 e. The summed E-state index contributed by atoms with van der Waals surface area (Å²) >= 11 is 0. The van der Waals surface area contributed by atoms with Crippen LogP contribution in [-0.2, 0) is 19.1 Å². The van der Waals surface area contributed by atoms with E-state index < -0.39 is 5.97 Å². The first kappa shape index (κ1) is 31.7. The van der Waals surface area contributed by atoms with Crippen LogP contribution >= 0.6 is 0 Å². The van der Waals surface area contributed by atoms with E-state index in [-0.39, 0.29) is 24.8 Å². The van der Waals surface area contributed by atoms with Gasteiger partial charge in [0.1, 0.15) is 12.4 Å². The summed E-state index contributed by atoms with van der Waals surface area (Å²) in [6.45, 7) is 6.81. The number of likely N-dealkylation sites (N-methyl/N-ethyl adjacent to an activating group) is 1. The monoisotopic (exact) mass is 554 g/mol. The highest BCUT2D eigenvalue weighted by molar-refractivity contribution is 5.99. The Balaban J connectivity index is 1.47. The summed E-state index contributed by atoms with van der Waals surface area (Å²) in [5.74, 6) is 1.64. The standard InChI is InChI=1S/C33H50N2O5/c1-4-6-7-8-9-10-15-31(36)34(3)20-21-40-30-18-16-26(17-19-30)22-29(33(38)39-5-2)23-32(37)35-24-27-13-11-12-14-28(27)25-35/h16-19,22,27-28H,4-15,20-21,23-25H2,1-3H3/b29-22+/t27-,28+. The molecular formula is C33H50N2O5. The van der Waals surface area contributed by atoms with Crippen molar-refractivity contribution in [3.63, 3.8) is 0 Å². The third-order valence-electron chi connectivity index (χ3n) is 8.29. The van der Waals surface area contributed by atoms with Crippen molar-refractivity contribution in [2.45, 2.75) is 90.9 Å². The predicted molar refractivity (Wildman–Crippen MR) is 159 cm³/mol. The number of unbranched alkanes of at least 4 members (excludes halogenated alkanes) is 5. The van der Waals surface area contributed by atoms with Gasteiger partial charge in [0.25, 0.3) is 0 Å². The molecule has 222 valence electrons. The second-order valence-corrected chi connectivity index (χ2v) is 11.4. The quantitative estimate of drug-likeness (QED) is 0.137. The molecule has 0 bridgehead atoms. The third kappa shape index (κ3) is 10.3. The van der Waals surface area contributed by atoms with Crippen LogP contribution in [0.2, 0.25) is 0 Å². The zero-order valence-electron chi connectivity index (χ0n) is 25.0.